The van der Waals surface area contributed by atoms with Crippen LogP contribution in [-0.2, 0) is 57.5 Å². The molecule has 0 unspecified atom stereocenters. The first kappa shape index (κ1) is 84.6. The molecule has 0 spiro atoms. The van der Waals surface area contributed by atoms with Gasteiger partial charge in [0.15, 0.2) is 6.29 Å². The van der Waals surface area contributed by atoms with E-state index >= 15 is 4.11 Å². The van der Waals surface area contributed by atoms with Crippen molar-refractivity contribution in [3.63, 3.8) is 0 Å². The first-order valence-corrected chi connectivity index (χ1v) is 33.5. The van der Waals surface area contributed by atoms with Crippen LogP contribution in [-0.4, -0.2) is 292 Å². The lowest BCUT2D eigenvalue weighted by Gasteiger charge is -2.44. The van der Waals surface area contributed by atoms with E-state index in [4.69, 9.17) is 5.11 Å². The number of urea groups is 1. The van der Waals surface area contributed by atoms with Crippen molar-refractivity contribution >= 4 is 96.9 Å². The Morgan fingerprint density at radius 3 is 1.28 bits per heavy atom. The summed E-state index contributed by atoms with van der Waals surface area (Å²) in [5.74, 6) is -14.4. The smallest absolute Gasteiger partial charge is 0.326 e. The molecule has 2 rings (SSSR count). The molecule has 5 atom stereocenters. The van der Waals surface area contributed by atoms with Crippen LogP contribution in [0.2, 0.25) is 10.1 Å². The Bertz CT molecular complexity index is 2850. The number of hydrogen-bond donors (Lipinski definition) is 17. The summed E-state index contributed by atoms with van der Waals surface area (Å²) in [7, 11) is -3.74. The first-order valence-electron chi connectivity index (χ1n) is 31.6. The molecule has 546 valence electrons. The number of carbonyl (C=O) groups is 14. The van der Waals surface area contributed by atoms with E-state index in [0.29, 0.717) is 5.19 Å². The zero-order chi connectivity index (χ0) is 73.4. The van der Waals surface area contributed by atoms with Gasteiger partial charge in [-0.3, -0.25) is 62.8 Å². The Hall–Kier alpha value is -8.49. The molecule has 1 heterocycles. The van der Waals surface area contributed by atoms with Gasteiger partial charge in [0, 0.05) is 110 Å². The van der Waals surface area contributed by atoms with Crippen LogP contribution in [0, 0.1) is 0 Å². The molecule has 1 aromatic rings. The maximum atomic E-state index is 17.1. The van der Waals surface area contributed by atoms with Crippen LogP contribution in [0.25, 0.3) is 0 Å². The average Bonchev–Trinajstić information content (AvgIpc) is 0.749. The van der Waals surface area contributed by atoms with Gasteiger partial charge in [-0.2, -0.15) is 0 Å². The van der Waals surface area contributed by atoms with Crippen LogP contribution < -0.4 is 47.7 Å². The molecule has 1 saturated heterocycles. The number of carboxylic acids is 7. The molecule has 0 radical (unpaired) electrons. The van der Waals surface area contributed by atoms with Crippen molar-refractivity contribution in [2.24, 2.45) is 0 Å². The Labute approximate surface area is 561 Å². The molecule has 0 saturated carbocycles. The van der Waals surface area contributed by atoms with Gasteiger partial charge < -0.3 is 92.6 Å². The molecule has 0 bridgehead atoms. The minimum absolute atomic E-state index is 0.00786. The number of unbranched alkanes of at least 4 members (excludes halogenated alkanes) is 1. The van der Waals surface area contributed by atoms with Gasteiger partial charge in [-0.25, -0.2) is 24.0 Å². The van der Waals surface area contributed by atoms with Crippen molar-refractivity contribution in [1.29, 1.82) is 0 Å². The number of nitrogens with zero attached hydrogens (tertiary/aromatic N) is 4. The van der Waals surface area contributed by atoms with E-state index in [2.05, 4.69) is 31.9 Å². The lowest BCUT2D eigenvalue weighted by Crippen LogP contribution is -2.58. The number of benzene rings is 1. The highest BCUT2D eigenvalue weighted by atomic mass is 28.4. The Balaban J connectivity index is 2.10. The van der Waals surface area contributed by atoms with Gasteiger partial charge >= 0.3 is 47.8 Å². The van der Waals surface area contributed by atoms with Crippen molar-refractivity contribution < 1.29 is 117 Å². The molecule has 0 aromatic heterocycles. The zero-order valence-corrected chi connectivity index (χ0v) is 56.6. The molecule has 97 heavy (non-hydrogen) atoms. The second-order valence-electron chi connectivity index (χ2n) is 25.5. The van der Waals surface area contributed by atoms with E-state index in [1.165, 1.54) is 12.1 Å². The third-order valence-corrected chi connectivity index (χ3v) is 21.0. The monoisotopic (exact) mass is 1400 g/mol. The number of aliphatic hydroxyl groups is 2. The fourth-order valence-corrected chi connectivity index (χ4v) is 15.4. The third kappa shape index (κ3) is 32.4. The third-order valence-electron chi connectivity index (χ3n) is 15.7. The standard InChI is InChI=1S/C60H97FN12O23Si/c1-59(2,3)97(61,60(4,5)6)38-14-12-37(13-15-38)52(86)64-32-43(66-47(77)33-70-24-26-71(34-49(80)81)28-30-73(36-51(84)85)31-29-72(27-25-70)35-50(82)83)53(87)67-40(55(90)91)10-7-8-22-62-44(74)19-20-45(75)63-23-9-11-39(54(88)89)65-46(76)18-16-41(56(92)93)68-58(96)69-42(57(94)95)17-21-48(78)79/h12-15,39-43,49,80-81H,7-11,16-36H2,1-6H3,(H,62,74)(H,63,75)(H,64,86)(H,65,76)(H,66,77)(H,67,87)(H,78,79)(H,82,83)(H,84,85)(H,88,89)(H,90,91)(H,92,93)(H,94,95)(H2,68,69,96)/t39-,40-,41+,42+,43-/m1/s1. The van der Waals surface area contributed by atoms with E-state index in [0.717, 1.165) is 0 Å². The van der Waals surface area contributed by atoms with Crippen LogP contribution in [0.1, 0.15) is 123 Å². The molecule has 1 aromatic carbocycles. The van der Waals surface area contributed by atoms with E-state index in [1.807, 2.05) is 52.2 Å². The highest BCUT2D eigenvalue weighted by Crippen LogP contribution is 2.51. The second-order valence-corrected chi connectivity index (χ2v) is 30.4. The lowest BCUT2D eigenvalue weighted by atomic mass is 10.1. The average molecular weight is 1400 g/mol. The molecule has 17 N–H and O–H groups in total. The normalized spacial score (nSPS) is 15.6. The van der Waals surface area contributed by atoms with Crippen molar-refractivity contribution in [3.05, 3.63) is 29.8 Å². The maximum absolute atomic E-state index is 17.1. The van der Waals surface area contributed by atoms with E-state index < -0.39 is 184 Å². The molecule has 35 nitrogen and oxygen atoms in total. The van der Waals surface area contributed by atoms with E-state index in [-0.39, 0.29) is 129 Å². The molecular formula is C60H97FN12O23Si. The van der Waals surface area contributed by atoms with Crippen molar-refractivity contribution in [1.82, 2.24) is 62.1 Å². The number of rotatable bonds is 40. The van der Waals surface area contributed by atoms with Gasteiger partial charge in [-0.15, -0.1) is 0 Å². The molecule has 1 aliphatic heterocycles. The number of β-amino-alcohol motifs (C(OH)–C–C–N with tert-alkyl or cyclic N) is 2. The second kappa shape index (κ2) is 41.6. The molecule has 1 aliphatic rings. The number of carboxylic acid groups (broad SMARTS) is 7. The minimum atomic E-state index is -3.74. The fourth-order valence-electron chi connectivity index (χ4n) is 10.7. The number of carbonyl (C=O) groups excluding carboxylic acids is 7. The number of hydrogen-bond acceptors (Lipinski definition) is 20. The number of aliphatic carboxylic acids is 7. The van der Waals surface area contributed by atoms with Gasteiger partial charge in [0.1, 0.15) is 30.2 Å². The Morgan fingerprint density at radius 2 is 0.845 bits per heavy atom. The summed E-state index contributed by atoms with van der Waals surface area (Å²) in [5.41, 5.74) is 0.0816. The molecule has 8 amide bonds. The molecule has 37 heteroatoms. The summed E-state index contributed by atoms with van der Waals surface area (Å²) < 4.78 is 17.1. The van der Waals surface area contributed by atoms with Crippen molar-refractivity contribution in [2.45, 2.75) is 159 Å². The lowest BCUT2D eigenvalue weighted by molar-refractivity contribution is -0.143. The number of aliphatic hydroxyl groups excluding tert-OH is 1. The number of nitrogens with one attached hydrogen (secondary N) is 8. The van der Waals surface area contributed by atoms with E-state index in [1.54, 1.807) is 31.7 Å². The SMILES string of the molecule is CC(C)(C)[Si](F)(c1ccc(C(=O)NC[C@@H](NC(=O)CN2CCN(CC(=O)O)CCN(CC(=O)O)CCN(CC(O)O)CC2)C(=O)N[C@H](CCCCNC(=O)CCC(=O)NCCC[C@@H](NC(=O)CC[C@H](NC(=O)N[C@@H](CCC(=O)O)C(=O)O)C(=O)O)C(=O)O)C(=O)O)cc1)C(C)(C)C. The Morgan fingerprint density at radius 1 is 0.443 bits per heavy atom. The summed E-state index contributed by atoms with van der Waals surface area (Å²) in [5, 5.41) is 104. The van der Waals surface area contributed by atoms with Gasteiger partial charge in [-0.05, 0) is 72.3 Å². The van der Waals surface area contributed by atoms with Crippen molar-refractivity contribution in [3.8, 4) is 0 Å². The zero-order valence-electron chi connectivity index (χ0n) is 55.6. The molecular weight excluding hydrogens is 1300 g/mol. The topological polar surface area (TPSA) is 530 Å². The van der Waals surface area contributed by atoms with Crippen LogP contribution in [0.5, 0.6) is 0 Å². The largest absolute Gasteiger partial charge is 0.481 e. The van der Waals surface area contributed by atoms with Gasteiger partial charge in [0.05, 0.1) is 19.6 Å². The van der Waals surface area contributed by atoms with E-state index in [9.17, 15) is 108 Å². The maximum Gasteiger partial charge on any atom is 0.326 e. The highest BCUT2D eigenvalue weighted by Gasteiger charge is 2.56. The number of amides is 8. The summed E-state index contributed by atoms with van der Waals surface area (Å²) in [4.78, 5) is 180. The van der Waals surface area contributed by atoms with Gasteiger partial charge in [0.2, 0.25) is 29.5 Å². The van der Waals surface area contributed by atoms with Gasteiger partial charge in [0.25, 0.3) is 14.3 Å². The van der Waals surface area contributed by atoms with Gasteiger partial charge in [-0.1, -0.05) is 53.7 Å². The summed E-state index contributed by atoms with van der Waals surface area (Å²) in [6, 6.07) is -3.40. The summed E-state index contributed by atoms with van der Waals surface area (Å²) in [6.45, 7) is 9.63. The van der Waals surface area contributed by atoms with Crippen LogP contribution in [0.15, 0.2) is 24.3 Å². The fraction of sp³-hybridized carbons (Fsp3) is 0.667. The highest BCUT2D eigenvalue weighted by molar-refractivity contribution is 6.90. The Kier molecular flexibility index (Phi) is 36.3. The van der Waals surface area contributed by atoms with Crippen LogP contribution in [0.3, 0.4) is 0 Å². The number of halogens is 1. The molecule has 1 fully saturated rings. The van der Waals surface area contributed by atoms with Crippen LogP contribution in [0.4, 0.5) is 8.90 Å². The first-order chi connectivity index (χ1) is 45.2. The van der Waals surface area contributed by atoms with Crippen LogP contribution >= 0.6 is 0 Å². The minimum Gasteiger partial charge on any atom is -0.481 e. The predicted molar refractivity (Wildman–Crippen MR) is 344 cm³/mol. The summed E-state index contributed by atoms with van der Waals surface area (Å²) >= 11 is 0. The quantitative estimate of drug-likeness (QED) is 0.0137. The summed E-state index contributed by atoms with van der Waals surface area (Å²) in [6.07, 6.45) is -4.78. The molecule has 0 aliphatic carbocycles. The van der Waals surface area contributed by atoms with Crippen molar-refractivity contribution in [2.75, 3.05) is 98.2 Å². The predicted octanol–water partition coefficient (Wildman–Crippen LogP) is -2.72.